The van der Waals surface area contributed by atoms with Gasteiger partial charge in [0.25, 0.3) is 0 Å². The highest BCUT2D eigenvalue weighted by atomic mass is 32.2. The van der Waals surface area contributed by atoms with E-state index in [1.165, 1.54) is 0 Å². The first-order chi connectivity index (χ1) is 5.74. The summed E-state index contributed by atoms with van der Waals surface area (Å²) in [5.41, 5.74) is 5.78. The number of aromatic nitrogens is 2. The monoisotopic (exact) mass is 187 g/mol. The summed E-state index contributed by atoms with van der Waals surface area (Å²) >= 11 is 1.76. The predicted molar refractivity (Wildman–Crippen MR) is 49.0 cm³/mol. The van der Waals surface area contributed by atoms with Crippen molar-refractivity contribution in [2.45, 2.75) is 19.4 Å². The van der Waals surface area contributed by atoms with E-state index in [1.54, 1.807) is 18.7 Å². The Morgan fingerprint density at radius 3 is 2.92 bits per heavy atom. The molecule has 0 aliphatic carbocycles. The minimum Gasteiger partial charge on any atom is -0.338 e. The molecule has 1 heterocycles. The van der Waals surface area contributed by atoms with Gasteiger partial charge in [-0.1, -0.05) is 5.16 Å². The molecule has 0 radical (unpaired) electrons. The lowest BCUT2D eigenvalue weighted by molar-refractivity contribution is 0.350. The first-order valence-electron chi connectivity index (χ1n) is 3.78. The van der Waals surface area contributed by atoms with Crippen LogP contribution in [0, 0.1) is 6.92 Å². The fraction of sp³-hybridized carbons (Fsp3) is 0.714. The number of nitrogens with zero attached hydrogens (tertiary/aromatic N) is 2. The zero-order chi connectivity index (χ0) is 8.97. The van der Waals surface area contributed by atoms with Crippen molar-refractivity contribution in [1.29, 1.82) is 0 Å². The fourth-order valence-electron chi connectivity index (χ4n) is 0.832. The van der Waals surface area contributed by atoms with Crippen molar-refractivity contribution in [3.05, 3.63) is 11.7 Å². The van der Waals surface area contributed by atoms with Crippen molar-refractivity contribution in [1.82, 2.24) is 10.1 Å². The number of nitrogens with two attached hydrogens (primary N) is 1. The van der Waals surface area contributed by atoms with Crippen molar-refractivity contribution in [2.75, 3.05) is 12.0 Å². The van der Waals surface area contributed by atoms with Crippen LogP contribution in [-0.4, -0.2) is 22.1 Å². The van der Waals surface area contributed by atoms with Gasteiger partial charge in [-0.3, -0.25) is 0 Å². The standard InChI is InChI=1S/C7H13N3OS/c1-5-9-7(11-10-5)6(8)3-4-12-2/h6H,3-4,8H2,1-2H3/t6-/m1/s1. The van der Waals surface area contributed by atoms with Crippen LogP contribution in [0.5, 0.6) is 0 Å². The molecule has 68 valence electrons. The maximum Gasteiger partial charge on any atom is 0.243 e. The molecule has 4 nitrogen and oxygen atoms in total. The predicted octanol–water partition coefficient (Wildman–Crippen LogP) is 1.13. The van der Waals surface area contributed by atoms with Crippen LogP contribution in [0.2, 0.25) is 0 Å². The van der Waals surface area contributed by atoms with Crippen molar-refractivity contribution < 1.29 is 4.52 Å². The second kappa shape index (κ2) is 4.47. The molecule has 2 N–H and O–H groups in total. The summed E-state index contributed by atoms with van der Waals surface area (Å²) in [6.07, 6.45) is 2.93. The molecule has 1 rings (SSSR count). The summed E-state index contributed by atoms with van der Waals surface area (Å²) in [6, 6.07) is -0.112. The van der Waals surface area contributed by atoms with Crippen LogP contribution in [-0.2, 0) is 0 Å². The van der Waals surface area contributed by atoms with Gasteiger partial charge < -0.3 is 10.3 Å². The van der Waals surface area contributed by atoms with Crippen molar-refractivity contribution in [3.63, 3.8) is 0 Å². The Kier molecular flexibility index (Phi) is 3.55. The lowest BCUT2D eigenvalue weighted by atomic mass is 10.2. The van der Waals surface area contributed by atoms with E-state index in [4.69, 9.17) is 10.3 Å². The van der Waals surface area contributed by atoms with E-state index in [1.807, 2.05) is 6.26 Å². The van der Waals surface area contributed by atoms with E-state index in [2.05, 4.69) is 10.1 Å². The van der Waals surface area contributed by atoms with Gasteiger partial charge in [0.2, 0.25) is 5.89 Å². The Hall–Kier alpha value is -0.550. The van der Waals surface area contributed by atoms with E-state index in [9.17, 15) is 0 Å². The largest absolute Gasteiger partial charge is 0.338 e. The quantitative estimate of drug-likeness (QED) is 0.765. The molecule has 5 heteroatoms. The molecule has 0 saturated heterocycles. The topological polar surface area (TPSA) is 64.9 Å². The molecule has 1 aromatic rings. The average molecular weight is 187 g/mol. The lowest BCUT2D eigenvalue weighted by Gasteiger charge is -2.03. The van der Waals surface area contributed by atoms with Crippen LogP contribution < -0.4 is 5.73 Å². The maximum absolute atomic E-state index is 5.78. The summed E-state index contributed by atoms with van der Waals surface area (Å²) in [5, 5.41) is 3.67. The number of aryl methyl sites for hydroxylation is 1. The van der Waals surface area contributed by atoms with Gasteiger partial charge >= 0.3 is 0 Å². The highest BCUT2D eigenvalue weighted by Gasteiger charge is 2.11. The normalized spacial score (nSPS) is 13.2. The third kappa shape index (κ3) is 2.49. The van der Waals surface area contributed by atoms with Crippen LogP contribution in [0.25, 0.3) is 0 Å². The number of rotatable bonds is 4. The molecular weight excluding hydrogens is 174 g/mol. The molecule has 12 heavy (non-hydrogen) atoms. The van der Waals surface area contributed by atoms with Gasteiger partial charge in [0.05, 0.1) is 6.04 Å². The average Bonchev–Trinajstić information content (AvgIpc) is 2.47. The first-order valence-corrected chi connectivity index (χ1v) is 5.18. The molecule has 0 aromatic carbocycles. The van der Waals surface area contributed by atoms with Crippen LogP contribution in [0.4, 0.5) is 0 Å². The zero-order valence-corrected chi connectivity index (χ0v) is 8.10. The van der Waals surface area contributed by atoms with E-state index in [0.29, 0.717) is 11.7 Å². The SMILES string of the molecule is CSCC[C@@H](N)c1nc(C)no1. The van der Waals surface area contributed by atoms with Gasteiger partial charge in [-0.25, -0.2) is 0 Å². The number of thioether (sulfide) groups is 1. The molecule has 0 aliphatic heterocycles. The van der Waals surface area contributed by atoms with E-state index < -0.39 is 0 Å². The molecule has 0 spiro atoms. The maximum atomic E-state index is 5.78. The molecule has 0 unspecified atom stereocenters. The highest BCUT2D eigenvalue weighted by Crippen LogP contribution is 2.13. The summed E-state index contributed by atoms with van der Waals surface area (Å²) in [6.45, 7) is 1.79. The van der Waals surface area contributed by atoms with Gasteiger partial charge in [-0.05, 0) is 25.4 Å². The summed E-state index contributed by atoms with van der Waals surface area (Å²) in [5.74, 6) is 2.20. The molecule has 0 bridgehead atoms. The Morgan fingerprint density at radius 1 is 1.67 bits per heavy atom. The third-order valence-corrected chi connectivity index (χ3v) is 2.14. The molecule has 0 fully saturated rings. The van der Waals surface area contributed by atoms with Crippen molar-refractivity contribution in [3.8, 4) is 0 Å². The second-order valence-corrected chi connectivity index (χ2v) is 3.55. The molecule has 0 amide bonds. The van der Waals surface area contributed by atoms with Crippen LogP contribution in [0.3, 0.4) is 0 Å². The number of hydrogen-bond acceptors (Lipinski definition) is 5. The minimum absolute atomic E-state index is 0.112. The van der Waals surface area contributed by atoms with Crippen molar-refractivity contribution >= 4 is 11.8 Å². The summed E-state index contributed by atoms with van der Waals surface area (Å²) in [4.78, 5) is 4.05. The Balaban J connectivity index is 2.47. The number of hydrogen-bond donors (Lipinski definition) is 1. The molecule has 1 atom stereocenters. The van der Waals surface area contributed by atoms with Gasteiger partial charge in [0.1, 0.15) is 0 Å². The van der Waals surface area contributed by atoms with Gasteiger partial charge in [-0.15, -0.1) is 0 Å². The molecule has 1 aromatic heterocycles. The second-order valence-electron chi connectivity index (χ2n) is 2.57. The summed E-state index contributed by atoms with van der Waals surface area (Å²) in [7, 11) is 0. The lowest BCUT2D eigenvalue weighted by Crippen LogP contribution is -2.11. The van der Waals surface area contributed by atoms with Gasteiger partial charge in [-0.2, -0.15) is 16.7 Å². The first kappa shape index (κ1) is 9.54. The fourth-order valence-corrected chi connectivity index (χ4v) is 1.32. The Labute approximate surface area is 75.9 Å². The van der Waals surface area contributed by atoms with Crippen LogP contribution >= 0.6 is 11.8 Å². The third-order valence-electron chi connectivity index (χ3n) is 1.49. The van der Waals surface area contributed by atoms with Crippen molar-refractivity contribution in [2.24, 2.45) is 5.73 Å². The van der Waals surface area contributed by atoms with E-state index >= 15 is 0 Å². The summed E-state index contributed by atoms with van der Waals surface area (Å²) < 4.78 is 4.93. The highest BCUT2D eigenvalue weighted by molar-refractivity contribution is 7.98. The van der Waals surface area contributed by atoms with E-state index in [0.717, 1.165) is 12.2 Å². The smallest absolute Gasteiger partial charge is 0.243 e. The minimum atomic E-state index is -0.112. The van der Waals surface area contributed by atoms with Gasteiger partial charge in [0, 0.05) is 0 Å². The Bertz CT molecular complexity index is 238. The van der Waals surface area contributed by atoms with Gasteiger partial charge in [0.15, 0.2) is 5.82 Å². The van der Waals surface area contributed by atoms with Crippen LogP contribution in [0.1, 0.15) is 24.2 Å². The van der Waals surface area contributed by atoms with Crippen LogP contribution in [0.15, 0.2) is 4.52 Å². The Morgan fingerprint density at radius 2 is 2.42 bits per heavy atom. The zero-order valence-electron chi connectivity index (χ0n) is 7.28. The van der Waals surface area contributed by atoms with E-state index in [-0.39, 0.29) is 6.04 Å². The molecule has 0 saturated carbocycles. The molecular formula is C7H13N3OS. The molecule has 0 aliphatic rings.